The average Bonchev–Trinajstić information content (AvgIpc) is 2.41. The minimum Gasteiger partial charge on any atom is -0.490 e. The molecule has 0 N–H and O–H groups in total. The second-order valence-corrected chi connectivity index (χ2v) is 5.39. The van der Waals surface area contributed by atoms with Crippen molar-refractivity contribution < 1.29 is 4.74 Å². The maximum absolute atomic E-state index is 11.7. The molecule has 1 aromatic carbocycles. The number of hydrogen-bond acceptors (Lipinski definition) is 3. The number of ether oxygens (including phenoxy) is 1. The zero-order chi connectivity index (χ0) is 14.7. The van der Waals surface area contributed by atoms with Crippen molar-refractivity contribution in [2.24, 2.45) is 0 Å². The van der Waals surface area contributed by atoms with Crippen LogP contribution in [0.15, 0.2) is 29.2 Å². The third-order valence-corrected chi connectivity index (χ3v) is 3.68. The fraction of sp³-hybridized carbons (Fsp3) is 0.167. The van der Waals surface area contributed by atoms with Crippen LogP contribution in [0.5, 0.6) is 5.75 Å². The number of aromatic nitrogens is 2. The Morgan fingerprint density at radius 2 is 1.90 bits per heavy atom. The van der Waals surface area contributed by atoms with E-state index in [0.717, 1.165) is 4.68 Å². The molecule has 0 atom stereocenters. The highest BCUT2D eigenvalue weighted by Crippen LogP contribution is 2.27. The summed E-state index contributed by atoms with van der Waals surface area (Å²) >= 11 is 23.2. The Morgan fingerprint density at radius 3 is 2.60 bits per heavy atom. The van der Waals surface area contributed by atoms with Gasteiger partial charge in [-0.05, 0) is 18.2 Å². The van der Waals surface area contributed by atoms with Crippen LogP contribution >= 0.6 is 46.4 Å². The Bertz CT molecular complexity index is 688. The van der Waals surface area contributed by atoms with Crippen molar-refractivity contribution >= 4 is 46.4 Å². The number of rotatable bonds is 4. The number of halogens is 4. The van der Waals surface area contributed by atoms with Gasteiger partial charge in [0.2, 0.25) is 0 Å². The van der Waals surface area contributed by atoms with E-state index in [9.17, 15) is 4.79 Å². The van der Waals surface area contributed by atoms with Crippen LogP contribution in [0.1, 0.15) is 0 Å². The Morgan fingerprint density at radius 1 is 1.15 bits per heavy atom. The lowest BCUT2D eigenvalue weighted by Crippen LogP contribution is -2.26. The highest BCUT2D eigenvalue weighted by Gasteiger charge is 2.08. The molecule has 0 aliphatic heterocycles. The van der Waals surface area contributed by atoms with E-state index in [1.165, 1.54) is 6.20 Å². The molecule has 0 radical (unpaired) electrons. The lowest BCUT2D eigenvalue weighted by Gasteiger charge is -2.09. The molecule has 8 heteroatoms. The predicted molar refractivity (Wildman–Crippen MR) is 80.5 cm³/mol. The highest BCUT2D eigenvalue weighted by atomic mass is 35.5. The third-order valence-electron chi connectivity index (χ3n) is 2.40. The quantitative estimate of drug-likeness (QED) is 0.836. The van der Waals surface area contributed by atoms with E-state index in [1.54, 1.807) is 18.2 Å². The van der Waals surface area contributed by atoms with Gasteiger partial charge in [0.05, 0.1) is 22.8 Å². The van der Waals surface area contributed by atoms with Gasteiger partial charge in [-0.25, -0.2) is 4.68 Å². The molecule has 0 saturated carbocycles. The van der Waals surface area contributed by atoms with Crippen molar-refractivity contribution in [2.45, 2.75) is 6.54 Å². The van der Waals surface area contributed by atoms with Crippen molar-refractivity contribution in [3.8, 4) is 5.75 Å². The summed E-state index contributed by atoms with van der Waals surface area (Å²) in [5, 5.41) is 4.83. The van der Waals surface area contributed by atoms with E-state index >= 15 is 0 Å². The van der Waals surface area contributed by atoms with Gasteiger partial charge in [0, 0.05) is 5.02 Å². The molecule has 1 aromatic heterocycles. The first-order valence-corrected chi connectivity index (χ1v) is 6.99. The van der Waals surface area contributed by atoms with E-state index in [1.807, 2.05) is 0 Å². The maximum Gasteiger partial charge on any atom is 0.287 e. The summed E-state index contributed by atoms with van der Waals surface area (Å²) in [7, 11) is 0. The summed E-state index contributed by atoms with van der Waals surface area (Å²) in [5.74, 6) is 0.476. The molecule has 1 heterocycles. The Labute approximate surface area is 134 Å². The average molecular weight is 354 g/mol. The summed E-state index contributed by atoms with van der Waals surface area (Å²) in [5.41, 5.74) is -0.468. The zero-order valence-corrected chi connectivity index (χ0v) is 13.0. The molecule has 106 valence electrons. The third kappa shape index (κ3) is 3.58. The van der Waals surface area contributed by atoms with Gasteiger partial charge in [-0.1, -0.05) is 46.4 Å². The van der Waals surface area contributed by atoms with E-state index < -0.39 is 5.56 Å². The molecule has 2 rings (SSSR count). The SMILES string of the molecule is O=c1c(Cl)c(Cl)cnn1CCOc1ccc(Cl)cc1Cl. The van der Waals surface area contributed by atoms with Gasteiger partial charge in [0.25, 0.3) is 5.56 Å². The molecular formula is C12H8Cl4N2O2. The molecule has 0 spiro atoms. The zero-order valence-electron chi connectivity index (χ0n) is 9.95. The van der Waals surface area contributed by atoms with Gasteiger partial charge in [0.1, 0.15) is 17.4 Å². The van der Waals surface area contributed by atoms with Gasteiger partial charge >= 0.3 is 0 Å². The van der Waals surface area contributed by atoms with Crippen LogP contribution in [0.4, 0.5) is 0 Å². The second-order valence-electron chi connectivity index (χ2n) is 3.76. The van der Waals surface area contributed by atoms with Gasteiger partial charge in [-0.2, -0.15) is 5.10 Å². The summed E-state index contributed by atoms with van der Waals surface area (Å²) in [6.45, 7) is 0.418. The van der Waals surface area contributed by atoms with Gasteiger partial charge < -0.3 is 4.74 Å². The van der Waals surface area contributed by atoms with Crippen LogP contribution in [0, 0.1) is 0 Å². The first-order valence-electron chi connectivity index (χ1n) is 5.48. The lowest BCUT2D eigenvalue weighted by molar-refractivity contribution is 0.288. The van der Waals surface area contributed by atoms with Gasteiger partial charge in [0.15, 0.2) is 0 Å². The van der Waals surface area contributed by atoms with E-state index in [-0.39, 0.29) is 23.2 Å². The summed E-state index contributed by atoms with van der Waals surface area (Å²) in [6.07, 6.45) is 1.31. The fourth-order valence-electron chi connectivity index (χ4n) is 1.44. The molecule has 0 fully saturated rings. The lowest BCUT2D eigenvalue weighted by atomic mass is 10.3. The van der Waals surface area contributed by atoms with Crippen LogP contribution in [0.25, 0.3) is 0 Å². The summed E-state index contributed by atoms with van der Waals surface area (Å²) in [6, 6.07) is 4.88. The van der Waals surface area contributed by atoms with E-state index in [0.29, 0.717) is 15.8 Å². The van der Waals surface area contributed by atoms with E-state index in [4.69, 9.17) is 51.1 Å². The molecule has 0 aliphatic carbocycles. The number of nitrogens with zero attached hydrogens (tertiary/aromatic N) is 2. The van der Waals surface area contributed by atoms with Crippen molar-refractivity contribution in [1.82, 2.24) is 9.78 Å². The van der Waals surface area contributed by atoms with Crippen molar-refractivity contribution in [3.63, 3.8) is 0 Å². The summed E-state index contributed by atoms with van der Waals surface area (Å²) in [4.78, 5) is 11.7. The predicted octanol–water partition coefficient (Wildman–Crippen LogP) is 3.94. The van der Waals surface area contributed by atoms with Gasteiger partial charge in [-0.3, -0.25) is 4.79 Å². The number of hydrogen-bond donors (Lipinski definition) is 0. The second kappa shape index (κ2) is 6.68. The van der Waals surface area contributed by atoms with Crippen LogP contribution in [-0.4, -0.2) is 16.4 Å². The summed E-state index contributed by atoms with van der Waals surface area (Å²) < 4.78 is 6.62. The normalized spacial score (nSPS) is 10.6. The molecular weight excluding hydrogens is 346 g/mol. The monoisotopic (exact) mass is 352 g/mol. The standard InChI is InChI=1S/C12H8Cl4N2O2/c13-7-1-2-10(8(14)5-7)20-4-3-18-12(19)11(16)9(15)6-17-18/h1-2,5-6H,3-4H2. The first-order chi connectivity index (χ1) is 9.49. The maximum atomic E-state index is 11.7. The smallest absolute Gasteiger partial charge is 0.287 e. The molecule has 0 amide bonds. The Kier molecular flexibility index (Phi) is 5.16. The number of benzene rings is 1. The van der Waals surface area contributed by atoms with Crippen LogP contribution < -0.4 is 10.3 Å². The topological polar surface area (TPSA) is 44.1 Å². The van der Waals surface area contributed by atoms with Crippen molar-refractivity contribution in [1.29, 1.82) is 0 Å². The molecule has 0 aliphatic rings. The minimum atomic E-state index is -0.468. The molecule has 0 bridgehead atoms. The first kappa shape index (κ1) is 15.4. The molecule has 4 nitrogen and oxygen atoms in total. The fourth-order valence-corrected chi connectivity index (χ4v) is 2.17. The minimum absolute atomic E-state index is 0.0637. The largest absolute Gasteiger partial charge is 0.490 e. The Hall–Kier alpha value is -0.940. The Balaban J connectivity index is 2.03. The highest BCUT2D eigenvalue weighted by molar-refractivity contribution is 6.41. The van der Waals surface area contributed by atoms with Crippen LogP contribution in [0.3, 0.4) is 0 Å². The molecule has 0 saturated heterocycles. The molecule has 2 aromatic rings. The van der Waals surface area contributed by atoms with E-state index in [2.05, 4.69) is 5.10 Å². The van der Waals surface area contributed by atoms with Gasteiger partial charge in [-0.15, -0.1) is 0 Å². The molecule has 20 heavy (non-hydrogen) atoms. The van der Waals surface area contributed by atoms with Crippen molar-refractivity contribution in [3.05, 3.63) is 54.8 Å². The van der Waals surface area contributed by atoms with Crippen LogP contribution in [-0.2, 0) is 6.54 Å². The van der Waals surface area contributed by atoms with Crippen LogP contribution in [0.2, 0.25) is 20.1 Å². The van der Waals surface area contributed by atoms with Crippen molar-refractivity contribution in [2.75, 3.05) is 6.61 Å². The molecule has 0 unspecified atom stereocenters.